The summed E-state index contributed by atoms with van der Waals surface area (Å²) in [5.74, 6) is -0.379. The number of benzene rings is 2. The number of carbonyl (C=O) groups excluding carboxylic acids is 2. The number of hydrogen-bond donors (Lipinski definition) is 2. The molecule has 1 aliphatic rings. The number of rotatable bonds is 8. The highest BCUT2D eigenvalue weighted by Crippen LogP contribution is 2.27. The molecular weight excluding hydrogens is 376 g/mol. The lowest BCUT2D eigenvalue weighted by Crippen LogP contribution is -2.48. The van der Waals surface area contributed by atoms with Gasteiger partial charge in [0.05, 0.1) is 11.4 Å². The van der Waals surface area contributed by atoms with Crippen LogP contribution in [0.4, 0.5) is 11.4 Å². The van der Waals surface area contributed by atoms with Gasteiger partial charge >= 0.3 is 0 Å². The molecule has 0 aromatic heterocycles. The molecule has 156 valence electrons. The molecule has 1 atom stereocenters. The Morgan fingerprint density at radius 1 is 1.23 bits per heavy atom. The Morgan fingerprint density at radius 2 is 1.97 bits per heavy atom. The van der Waals surface area contributed by atoms with Gasteiger partial charge in [-0.25, -0.2) is 0 Å². The third-order valence-electron chi connectivity index (χ3n) is 5.12. The Labute approximate surface area is 177 Å². The molecule has 0 fully saturated rings. The van der Waals surface area contributed by atoms with Crippen molar-refractivity contribution < 1.29 is 9.59 Å². The predicted octanol–water partition coefficient (Wildman–Crippen LogP) is 3.21. The van der Waals surface area contributed by atoms with Crippen LogP contribution in [0.1, 0.15) is 18.4 Å². The topological polar surface area (TPSA) is 73.8 Å². The normalized spacial score (nSPS) is 16.3. The Hall–Kier alpha value is -3.41. The summed E-state index contributed by atoms with van der Waals surface area (Å²) >= 11 is 0. The first-order valence-corrected chi connectivity index (χ1v) is 10.1. The average Bonchev–Trinajstić information content (AvgIpc) is 2.87. The molecule has 6 nitrogen and oxygen atoms in total. The zero-order valence-electron chi connectivity index (χ0n) is 17.3. The number of carbonyl (C=O) groups is 2. The Balaban J connectivity index is 1.63. The van der Waals surface area contributed by atoms with Crippen molar-refractivity contribution in [2.75, 3.05) is 30.4 Å². The molecular formula is C24H28N4O2. The van der Waals surface area contributed by atoms with Crippen molar-refractivity contribution in [2.24, 2.45) is 4.99 Å². The molecule has 1 heterocycles. The van der Waals surface area contributed by atoms with Gasteiger partial charge in [0.2, 0.25) is 11.8 Å². The molecule has 2 amide bonds. The van der Waals surface area contributed by atoms with Crippen LogP contribution in [0.15, 0.2) is 71.2 Å². The SMILES string of the molecule is C=NCC/C(=C\CC(=O)N[C@H]1CN(C)c2ccccc2NC1=O)Cc1ccccc1. The molecule has 0 saturated heterocycles. The smallest absolute Gasteiger partial charge is 0.248 e. The number of para-hydroxylation sites is 2. The molecule has 2 aromatic carbocycles. The molecule has 0 saturated carbocycles. The number of nitrogens with zero attached hydrogens (tertiary/aromatic N) is 2. The molecule has 0 unspecified atom stereocenters. The van der Waals surface area contributed by atoms with Gasteiger partial charge < -0.3 is 20.5 Å². The van der Waals surface area contributed by atoms with E-state index in [-0.39, 0.29) is 18.2 Å². The Bertz CT molecular complexity index is 924. The summed E-state index contributed by atoms with van der Waals surface area (Å²) in [5, 5.41) is 5.78. The highest BCUT2D eigenvalue weighted by Gasteiger charge is 2.27. The van der Waals surface area contributed by atoms with Crippen molar-refractivity contribution in [2.45, 2.75) is 25.3 Å². The summed E-state index contributed by atoms with van der Waals surface area (Å²) in [7, 11) is 1.92. The summed E-state index contributed by atoms with van der Waals surface area (Å²) in [6.45, 7) is 4.58. The van der Waals surface area contributed by atoms with Gasteiger partial charge in [0, 0.05) is 26.6 Å². The van der Waals surface area contributed by atoms with Crippen LogP contribution in [0, 0.1) is 0 Å². The van der Waals surface area contributed by atoms with Crippen LogP contribution in [-0.4, -0.2) is 44.7 Å². The summed E-state index contributed by atoms with van der Waals surface area (Å²) in [6, 6.07) is 17.1. The van der Waals surface area contributed by atoms with Crippen LogP contribution >= 0.6 is 0 Å². The highest BCUT2D eigenvalue weighted by atomic mass is 16.2. The van der Waals surface area contributed by atoms with E-state index in [4.69, 9.17) is 0 Å². The van der Waals surface area contributed by atoms with E-state index in [0.717, 1.165) is 29.8 Å². The quantitative estimate of drug-likeness (QED) is 0.524. The molecule has 2 N–H and O–H groups in total. The van der Waals surface area contributed by atoms with Gasteiger partial charge in [0.25, 0.3) is 0 Å². The summed E-state index contributed by atoms with van der Waals surface area (Å²) in [4.78, 5) is 31.1. The van der Waals surface area contributed by atoms with Gasteiger partial charge in [-0.05, 0) is 37.3 Å². The molecule has 3 rings (SSSR count). The van der Waals surface area contributed by atoms with E-state index in [1.165, 1.54) is 5.56 Å². The number of fused-ring (bicyclic) bond motifs is 1. The number of aliphatic imine (C=N–C) groups is 1. The van der Waals surface area contributed by atoms with Gasteiger partial charge in [-0.15, -0.1) is 0 Å². The number of nitrogens with one attached hydrogen (secondary N) is 2. The Morgan fingerprint density at radius 3 is 2.73 bits per heavy atom. The molecule has 0 aliphatic carbocycles. The minimum absolute atomic E-state index is 0.174. The summed E-state index contributed by atoms with van der Waals surface area (Å²) in [6.07, 6.45) is 3.69. The molecule has 30 heavy (non-hydrogen) atoms. The largest absolute Gasteiger partial charge is 0.370 e. The van der Waals surface area contributed by atoms with Crippen LogP contribution in [-0.2, 0) is 16.0 Å². The maximum absolute atomic E-state index is 12.6. The molecule has 6 heteroatoms. The molecule has 0 bridgehead atoms. The average molecular weight is 405 g/mol. The van der Waals surface area contributed by atoms with Crippen molar-refractivity contribution in [3.8, 4) is 0 Å². The van der Waals surface area contributed by atoms with Crippen molar-refractivity contribution in [3.05, 3.63) is 71.8 Å². The van der Waals surface area contributed by atoms with Crippen LogP contribution in [0.2, 0.25) is 0 Å². The number of anilines is 2. The second kappa shape index (κ2) is 10.4. The third kappa shape index (κ3) is 5.80. The monoisotopic (exact) mass is 404 g/mol. The van der Waals surface area contributed by atoms with Crippen molar-refractivity contribution in [1.82, 2.24) is 5.32 Å². The zero-order valence-corrected chi connectivity index (χ0v) is 17.3. The molecule has 2 aromatic rings. The van der Waals surface area contributed by atoms with Crippen molar-refractivity contribution in [3.63, 3.8) is 0 Å². The van der Waals surface area contributed by atoms with Crippen LogP contribution in [0.25, 0.3) is 0 Å². The number of amides is 2. The predicted molar refractivity (Wildman–Crippen MR) is 122 cm³/mol. The summed E-state index contributed by atoms with van der Waals surface area (Å²) in [5.41, 5.74) is 4.02. The van der Waals surface area contributed by atoms with E-state index in [1.54, 1.807) is 0 Å². The van der Waals surface area contributed by atoms with Crippen LogP contribution in [0.3, 0.4) is 0 Å². The van der Waals surface area contributed by atoms with Gasteiger partial charge in [-0.3, -0.25) is 9.59 Å². The van der Waals surface area contributed by atoms with Crippen molar-refractivity contribution >= 4 is 29.9 Å². The second-order valence-corrected chi connectivity index (χ2v) is 7.43. The fraction of sp³-hybridized carbons (Fsp3) is 0.292. The third-order valence-corrected chi connectivity index (χ3v) is 5.12. The first-order valence-electron chi connectivity index (χ1n) is 10.1. The minimum atomic E-state index is -0.615. The van der Waals surface area contributed by atoms with Gasteiger partial charge in [0.1, 0.15) is 6.04 Å². The highest BCUT2D eigenvalue weighted by molar-refractivity contribution is 6.01. The first-order chi connectivity index (χ1) is 14.6. The van der Waals surface area contributed by atoms with Crippen molar-refractivity contribution in [1.29, 1.82) is 0 Å². The van der Waals surface area contributed by atoms with Crippen LogP contribution in [0.5, 0.6) is 0 Å². The maximum Gasteiger partial charge on any atom is 0.248 e. The van der Waals surface area contributed by atoms with E-state index >= 15 is 0 Å². The second-order valence-electron chi connectivity index (χ2n) is 7.43. The lowest BCUT2D eigenvalue weighted by atomic mass is 10.0. The van der Waals surface area contributed by atoms with Crippen LogP contribution < -0.4 is 15.5 Å². The van der Waals surface area contributed by atoms with E-state index in [1.807, 2.05) is 60.5 Å². The lowest BCUT2D eigenvalue weighted by Gasteiger charge is -2.22. The zero-order chi connectivity index (χ0) is 21.3. The molecule has 0 radical (unpaired) electrons. The van der Waals surface area contributed by atoms with E-state index in [9.17, 15) is 9.59 Å². The van der Waals surface area contributed by atoms with Gasteiger partial charge in [-0.2, -0.15) is 0 Å². The minimum Gasteiger partial charge on any atom is -0.370 e. The molecule has 1 aliphatic heterocycles. The first kappa shape index (κ1) is 21.3. The van der Waals surface area contributed by atoms with E-state index in [2.05, 4.69) is 34.5 Å². The standard InChI is InChI=1S/C24H28N4O2/c1-25-15-14-19(16-18-8-4-3-5-9-18)12-13-23(29)26-21-17-28(2)22-11-7-6-10-20(22)27-24(21)30/h3-12,21H,1,13-17H2,2H3,(H,26,29)(H,27,30)/b19-12+/t21-/m0/s1. The number of hydrogen-bond acceptors (Lipinski definition) is 4. The summed E-state index contributed by atoms with van der Waals surface area (Å²) < 4.78 is 0. The Kier molecular flexibility index (Phi) is 7.38. The van der Waals surface area contributed by atoms with Gasteiger partial charge in [0.15, 0.2) is 0 Å². The molecule has 0 spiro atoms. The lowest BCUT2D eigenvalue weighted by molar-refractivity contribution is -0.125. The fourth-order valence-corrected chi connectivity index (χ4v) is 3.53. The van der Waals surface area contributed by atoms with E-state index < -0.39 is 6.04 Å². The van der Waals surface area contributed by atoms with E-state index in [0.29, 0.717) is 13.1 Å². The number of likely N-dealkylation sites (N-methyl/N-ethyl adjacent to an activating group) is 1. The van der Waals surface area contributed by atoms with Gasteiger partial charge in [-0.1, -0.05) is 54.1 Å². The maximum atomic E-state index is 12.6. The fourth-order valence-electron chi connectivity index (χ4n) is 3.53.